The fraction of sp³-hybridized carbons (Fsp3) is 0.250. The second kappa shape index (κ2) is 13.1. The van der Waals surface area contributed by atoms with Gasteiger partial charge < -0.3 is 17.5 Å². The third kappa shape index (κ3) is 6.38. The van der Waals surface area contributed by atoms with Gasteiger partial charge in [-0.1, -0.05) is 26.0 Å². The molecule has 0 saturated carbocycles. The number of aliphatic hydroxyl groups is 1. The number of H-pyrrole nitrogens is 1. The Kier molecular flexibility index (Phi) is 11.4. The Morgan fingerprint density at radius 1 is 1.19 bits per heavy atom. The van der Waals surface area contributed by atoms with Gasteiger partial charge in [-0.25, -0.2) is 13.8 Å². The highest BCUT2D eigenvalue weighted by molar-refractivity contribution is 7.10. The molecule has 4 rings (SSSR count). The lowest BCUT2D eigenvalue weighted by Gasteiger charge is -2.32. The van der Waals surface area contributed by atoms with Crippen molar-refractivity contribution >= 4 is 36.2 Å². The Labute approximate surface area is 230 Å². The number of nitrogens with zero attached hydrogens (tertiary/aromatic N) is 4. The summed E-state index contributed by atoms with van der Waals surface area (Å²) in [5.74, 6) is -1.31. The molecule has 0 aliphatic rings. The molecule has 0 unspecified atom stereocenters. The zero-order valence-corrected chi connectivity index (χ0v) is 22.5. The van der Waals surface area contributed by atoms with Crippen molar-refractivity contribution < 1.29 is 31.0 Å². The number of nitriles is 1. The zero-order valence-electron chi connectivity index (χ0n) is 19.3. The van der Waals surface area contributed by atoms with E-state index < -0.39 is 23.2 Å². The van der Waals surface area contributed by atoms with E-state index in [0.717, 1.165) is 23.8 Å². The van der Waals surface area contributed by atoms with E-state index in [4.69, 9.17) is 5.26 Å². The van der Waals surface area contributed by atoms with Crippen LogP contribution < -0.4 is 17.1 Å². The molecule has 2 N–H and O–H groups in total. The van der Waals surface area contributed by atoms with Gasteiger partial charge in [-0.2, -0.15) is 15.0 Å². The first-order valence-electron chi connectivity index (χ1n) is 10.4. The van der Waals surface area contributed by atoms with Crippen molar-refractivity contribution in [3.8, 4) is 17.3 Å². The minimum absolute atomic E-state index is 0. The minimum atomic E-state index is -1.81. The summed E-state index contributed by atoms with van der Waals surface area (Å²) in [6, 6.07) is 12.2. The molecule has 4 aromatic rings. The van der Waals surface area contributed by atoms with Crippen LogP contribution in [-0.4, -0.2) is 20.2 Å². The Bertz CT molecular complexity index is 1330. The van der Waals surface area contributed by atoms with Gasteiger partial charge in [0.25, 0.3) is 5.82 Å². The van der Waals surface area contributed by atoms with Crippen LogP contribution in [0.3, 0.4) is 0 Å². The van der Waals surface area contributed by atoms with Crippen molar-refractivity contribution in [3.05, 3.63) is 87.8 Å². The van der Waals surface area contributed by atoms with E-state index in [2.05, 4.69) is 21.1 Å². The third-order valence-corrected chi connectivity index (χ3v) is 6.71. The van der Waals surface area contributed by atoms with E-state index in [1.54, 1.807) is 35.9 Å². The Morgan fingerprint density at radius 3 is 2.50 bits per heavy atom. The molecule has 0 spiro atoms. The first kappa shape index (κ1) is 31.4. The summed E-state index contributed by atoms with van der Waals surface area (Å²) in [5.41, 5.74) is 0.0798. The van der Waals surface area contributed by atoms with Crippen LogP contribution in [0.4, 0.5) is 8.78 Å². The molecule has 2 aromatic heterocycles. The quantitative estimate of drug-likeness (QED) is 0.331. The Morgan fingerprint density at radius 2 is 1.89 bits per heavy atom. The topological polar surface area (TPSA) is 89.5 Å². The van der Waals surface area contributed by atoms with Crippen molar-refractivity contribution in [3.63, 3.8) is 0 Å². The molecular formula is C24H24Cl3F2N5OS. The van der Waals surface area contributed by atoms with Crippen molar-refractivity contribution in [2.75, 3.05) is 0 Å². The molecule has 36 heavy (non-hydrogen) atoms. The highest BCUT2D eigenvalue weighted by Gasteiger charge is 2.43. The average molecular weight is 575 g/mol. The Hall–Kier alpha value is -2.61. The van der Waals surface area contributed by atoms with Crippen LogP contribution in [0.15, 0.2) is 54.2 Å². The van der Waals surface area contributed by atoms with Crippen LogP contribution in [0.25, 0.3) is 11.3 Å². The second-order valence-electron chi connectivity index (χ2n) is 7.81. The van der Waals surface area contributed by atoms with Crippen molar-refractivity contribution in [2.45, 2.75) is 38.3 Å². The van der Waals surface area contributed by atoms with Gasteiger partial charge in [-0.3, -0.25) is 0 Å². The number of aromatic amines is 1. The van der Waals surface area contributed by atoms with E-state index in [1.165, 1.54) is 17.7 Å². The van der Waals surface area contributed by atoms with Gasteiger partial charge in [-0.15, -0.1) is 36.2 Å². The standard InChI is InChI=1S/C24H21F2N5OS.3ClH/c1-3-22-28-14-31(30-22)13-24(32,19-10-18(25)8-9-20(19)26)15(2)23-29-21(12-33-23)17-6-4-16(11-27)5-7-17;;;/h4-10,12,14-15,32H,3,13H2,1-2H3;3*1H/t15-,24+;;;/m0.../s1. The van der Waals surface area contributed by atoms with Crippen LogP contribution >= 0.6 is 36.2 Å². The van der Waals surface area contributed by atoms with Crippen LogP contribution in [0, 0.1) is 23.0 Å². The van der Waals surface area contributed by atoms with Gasteiger partial charge in [-0.05, 0) is 35.3 Å². The molecule has 0 fully saturated rings. The number of nitrogens with one attached hydrogen (secondary N) is 1. The van der Waals surface area contributed by atoms with E-state index in [0.29, 0.717) is 28.5 Å². The highest BCUT2D eigenvalue weighted by Crippen LogP contribution is 2.40. The van der Waals surface area contributed by atoms with E-state index in [-0.39, 0.29) is 49.3 Å². The predicted octanol–water partition coefficient (Wildman–Crippen LogP) is 2.07. The molecule has 12 heteroatoms. The van der Waals surface area contributed by atoms with Gasteiger partial charge in [0, 0.05) is 28.8 Å². The van der Waals surface area contributed by atoms with E-state index in [9.17, 15) is 13.9 Å². The molecule has 192 valence electrons. The number of hydrogen-bond acceptors (Lipinski definition) is 5. The monoisotopic (exact) mass is 573 g/mol. The number of benzene rings is 2. The molecule has 0 radical (unpaired) electrons. The number of thiazole rings is 1. The maximum Gasteiger partial charge on any atom is 0.307 e. The fourth-order valence-corrected chi connectivity index (χ4v) is 4.67. The first-order valence-corrected chi connectivity index (χ1v) is 11.3. The molecule has 0 bridgehead atoms. The second-order valence-corrected chi connectivity index (χ2v) is 8.70. The largest absolute Gasteiger partial charge is 1.00 e. The summed E-state index contributed by atoms with van der Waals surface area (Å²) < 4.78 is 30.5. The fourth-order valence-electron chi connectivity index (χ4n) is 3.70. The summed E-state index contributed by atoms with van der Waals surface area (Å²) >= 11 is 1.33. The van der Waals surface area contributed by atoms with Gasteiger partial charge in [0.05, 0.1) is 22.3 Å². The molecule has 2 heterocycles. The molecular weight excluding hydrogens is 551 g/mol. The summed E-state index contributed by atoms with van der Waals surface area (Å²) in [4.78, 5) is 8.90. The number of aryl methyl sites for hydroxylation is 1. The van der Waals surface area contributed by atoms with Crippen LogP contribution in [-0.2, 0) is 18.6 Å². The zero-order chi connectivity index (χ0) is 23.6. The summed E-state index contributed by atoms with van der Waals surface area (Å²) in [6.45, 7) is 3.60. The van der Waals surface area contributed by atoms with Crippen molar-refractivity contribution in [1.29, 1.82) is 5.26 Å². The Balaban J connectivity index is 0.00000216. The number of halogens is 5. The third-order valence-electron chi connectivity index (χ3n) is 5.69. The van der Waals surface area contributed by atoms with Gasteiger partial charge in [0.2, 0.25) is 0 Å². The lowest BCUT2D eigenvalue weighted by molar-refractivity contribution is -0.765. The van der Waals surface area contributed by atoms with E-state index in [1.807, 2.05) is 12.3 Å². The normalized spacial score (nSPS) is 12.8. The molecule has 0 saturated heterocycles. The minimum Gasteiger partial charge on any atom is -1.00 e. The number of rotatable bonds is 7. The molecule has 6 nitrogen and oxygen atoms in total. The molecule has 2 aromatic carbocycles. The van der Waals surface area contributed by atoms with Crippen LogP contribution in [0.2, 0.25) is 0 Å². The first-order chi connectivity index (χ1) is 15.8. The maximum absolute atomic E-state index is 14.9. The molecule has 2 atom stereocenters. The SMILES string of the molecule is CCc1nc[n+](C[C@](O)(c2cc(F)ccc2F)[C@@H](C)c2nc(-c3ccc(C#N)cc3)cs2)[nH]1.Cl.Cl.[Cl-]. The lowest BCUT2D eigenvalue weighted by atomic mass is 9.82. The lowest BCUT2D eigenvalue weighted by Crippen LogP contribution is -3.00. The smallest absolute Gasteiger partial charge is 0.307 e. The highest BCUT2D eigenvalue weighted by atomic mass is 35.5. The van der Waals surface area contributed by atoms with Gasteiger partial charge in [0.1, 0.15) is 23.8 Å². The summed E-state index contributed by atoms with van der Waals surface area (Å²) in [7, 11) is 0. The summed E-state index contributed by atoms with van der Waals surface area (Å²) in [5, 5.41) is 26.3. The van der Waals surface area contributed by atoms with Crippen LogP contribution in [0.1, 0.15) is 41.7 Å². The van der Waals surface area contributed by atoms with Gasteiger partial charge >= 0.3 is 6.33 Å². The summed E-state index contributed by atoms with van der Waals surface area (Å²) in [6.07, 6.45) is 2.19. The van der Waals surface area contributed by atoms with E-state index >= 15 is 0 Å². The number of aromatic nitrogens is 4. The maximum atomic E-state index is 14.9. The van der Waals surface area contributed by atoms with Crippen molar-refractivity contribution in [2.24, 2.45) is 0 Å². The van der Waals surface area contributed by atoms with Crippen molar-refractivity contribution in [1.82, 2.24) is 15.1 Å². The average Bonchev–Trinajstić information content (AvgIpc) is 3.50. The van der Waals surface area contributed by atoms with Crippen LogP contribution in [0.5, 0.6) is 0 Å². The number of hydrogen-bond donors (Lipinski definition) is 2. The van der Waals surface area contributed by atoms with Gasteiger partial charge in [0.15, 0.2) is 0 Å². The molecule has 0 amide bonds. The molecule has 0 aliphatic heterocycles. The molecule has 0 aliphatic carbocycles. The predicted molar refractivity (Wildman–Crippen MR) is 134 cm³/mol.